The lowest BCUT2D eigenvalue weighted by Crippen LogP contribution is -2.52. The number of rotatable bonds is 3. The SMILES string of the molecule is CCN1CC(NC(=O)C(C)(C)C)CC(c2cccc(F)c2)C1. The average Bonchev–Trinajstić information content (AvgIpc) is 2.46. The maximum absolute atomic E-state index is 13.5. The Hall–Kier alpha value is -1.42. The molecule has 0 aromatic heterocycles. The van der Waals surface area contributed by atoms with Crippen molar-refractivity contribution in [1.29, 1.82) is 0 Å². The van der Waals surface area contributed by atoms with E-state index in [2.05, 4.69) is 17.1 Å². The molecule has 1 saturated heterocycles. The summed E-state index contributed by atoms with van der Waals surface area (Å²) >= 11 is 0. The molecule has 2 atom stereocenters. The van der Waals surface area contributed by atoms with Crippen LogP contribution in [-0.2, 0) is 4.79 Å². The van der Waals surface area contributed by atoms with Gasteiger partial charge in [-0.3, -0.25) is 4.79 Å². The summed E-state index contributed by atoms with van der Waals surface area (Å²) in [7, 11) is 0. The van der Waals surface area contributed by atoms with Crippen LogP contribution in [0.4, 0.5) is 4.39 Å². The Morgan fingerprint density at radius 3 is 2.68 bits per heavy atom. The third-order valence-corrected chi connectivity index (χ3v) is 4.31. The van der Waals surface area contributed by atoms with Crippen molar-refractivity contribution in [1.82, 2.24) is 10.2 Å². The molecule has 1 amide bonds. The van der Waals surface area contributed by atoms with Crippen LogP contribution in [0.5, 0.6) is 0 Å². The maximum atomic E-state index is 13.5. The molecule has 2 rings (SSSR count). The molecule has 1 N–H and O–H groups in total. The molecule has 22 heavy (non-hydrogen) atoms. The average molecular weight is 306 g/mol. The number of hydrogen-bond donors (Lipinski definition) is 1. The number of carbonyl (C=O) groups excluding carboxylic acids is 1. The number of nitrogens with one attached hydrogen (secondary N) is 1. The molecule has 0 radical (unpaired) electrons. The minimum absolute atomic E-state index is 0.0773. The summed E-state index contributed by atoms with van der Waals surface area (Å²) in [5.74, 6) is 0.143. The van der Waals surface area contributed by atoms with E-state index in [-0.39, 0.29) is 29.1 Å². The first-order chi connectivity index (χ1) is 10.3. The van der Waals surface area contributed by atoms with Crippen molar-refractivity contribution < 1.29 is 9.18 Å². The van der Waals surface area contributed by atoms with Crippen molar-refractivity contribution in [2.75, 3.05) is 19.6 Å². The van der Waals surface area contributed by atoms with Gasteiger partial charge in [0.25, 0.3) is 0 Å². The fourth-order valence-corrected chi connectivity index (χ4v) is 2.96. The van der Waals surface area contributed by atoms with E-state index in [1.165, 1.54) is 6.07 Å². The van der Waals surface area contributed by atoms with Gasteiger partial charge in [-0.15, -0.1) is 0 Å². The van der Waals surface area contributed by atoms with E-state index in [1.54, 1.807) is 12.1 Å². The predicted molar refractivity (Wildman–Crippen MR) is 87.3 cm³/mol. The standard InChI is InChI=1S/C18H27FN2O/c1-5-21-11-14(13-7-6-8-15(19)9-13)10-16(12-21)20-17(22)18(2,3)4/h6-9,14,16H,5,10-12H2,1-4H3,(H,20,22). The normalized spacial score (nSPS) is 23.3. The summed E-state index contributed by atoms with van der Waals surface area (Å²) in [6, 6.07) is 6.96. The lowest BCUT2D eigenvalue weighted by Gasteiger charge is -2.38. The zero-order valence-corrected chi connectivity index (χ0v) is 14.0. The zero-order chi connectivity index (χ0) is 16.3. The summed E-state index contributed by atoms with van der Waals surface area (Å²) < 4.78 is 13.5. The van der Waals surface area contributed by atoms with Crippen LogP contribution in [-0.4, -0.2) is 36.5 Å². The van der Waals surface area contributed by atoms with E-state index in [4.69, 9.17) is 0 Å². The van der Waals surface area contributed by atoms with Crippen molar-refractivity contribution >= 4 is 5.91 Å². The van der Waals surface area contributed by atoms with E-state index < -0.39 is 0 Å². The van der Waals surface area contributed by atoms with Crippen LogP contribution in [0.15, 0.2) is 24.3 Å². The highest BCUT2D eigenvalue weighted by atomic mass is 19.1. The Morgan fingerprint density at radius 1 is 1.36 bits per heavy atom. The van der Waals surface area contributed by atoms with Gasteiger partial charge in [-0.1, -0.05) is 39.8 Å². The Balaban J connectivity index is 2.11. The van der Waals surface area contributed by atoms with Crippen molar-refractivity contribution in [2.24, 2.45) is 5.41 Å². The summed E-state index contributed by atoms with van der Waals surface area (Å²) in [4.78, 5) is 14.6. The lowest BCUT2D eigenvalue weighted by atomic mass is 9.87. The maximum Gasteiger partial charge on any atom is 0.225 e. The summed E-state index contributed by atoms with van der Waals surface area (Å²) in [5.41, 5.74) is 0.635. The molecule has 1 aromatic rings. The van der Waals surface area contributed by atoms with Gasteiger partial charge < -0.3 is 10.2 Å². The van der Waals surface area contributed by atoms with Gasteiger partial charge in [0.15, 0.2) is 0 Å². The Morgan fingerprint density at radius 2 is 2.09 bits per heavy atom. The number of amides is 1. The van der Waals surface area contributed by atoms with E-state index >= 15 is 0 Å². The Labute approximate surface area is 132 Å². The molecular weight excluding hydrogens is 279 g/mol. The van der Waals surface area contributed by atoms with Crippen LogP contribution >= 0.6 is 0 Å². The number of benzene rings is 1. The minimum atomic E-state index is -0.386. The molecule has 4 heteroatoms. The van der Waals surface area contributed by atoms with Crippen molar-refractivity contribution in [3.8, 4) is 0 Å². The topological polar surface area (TPSA) is 32.3 Å². The van der Waals surface area contributed by atoms with Crippen LogP contribution in [0.25, 0.3) is 0 Å². The second-order valence-corrected chi connectivity index (χ2v) is 7.26. The lowest BCUT2D eigenvalue weighted by molar-refractivity contribution is -0.129. The Kier molecular flexibility index (Phi) is 5.22. The number of carbonyl (C=O) groups is 1. The van der Waals surface area contributed by atoms with Gasteiger partial charge in [-0.25, -0.2) is 4.39 Å². The van der Waals surface area contributed by atoms with E-state index in [0.29, 0.717) is 0 Å². The monoisotopic (exact) mass is 306 g/mol. The van der Waals surface area contributed by atoms with Crippen molar-refractivity contribution in [2.45, 2.75) is 46.1 Å². The van der Waals surface area contributed by atoms with Crippen molar-refractivity contribution in [3.63, 3.8) is 0 Å². The van der Waals surface area contributed by atoms with E-state index in [1.807, 2.05) is 26.8 Å². The first-order valence-corrected chi connectivity index (χ1v) is 8.08. The molecule has 1 heterocycles. The second-order valence-electron chi connectivity index (χ2n) is 7.26. The number of likely N-dealkylation sites (tertiary alicyclic amines) is 1. The van der Waals surface area contributed by atoms with Crippen molar-refractivity contribution in [3.05, 3.63) is 35.6 Å². The molecule has 0 saturated carbocycles. The summed E-state index contributed by atoms with van der Waals surface area (Å²) in [6.45, 7) is 10.6. The summed E-state index contributed by atoms with van der Waals surface area (Å²) in [5, 5.41) is 3.16. The summed E-state index contributed by atoms with van der Waals surface area (Å²) in [6.07, 6.45) is 0.863. The van der Waals surface area contributed by atoms with Gasteiger partial charge >= 0.3 is 0 Å². The number of halogens is 1. The number of piperidine rings is 1. The van der Waals surface area contributed by atoms with Gasteiger partial charge in [0, 0.05) is 24.5 Å². The highest BCUT2D eigenvalue weighted by molar-refractivity contribution is 5.81. The molecule has 0 aliphatic carbocycles. The molecule has 1 aromatic carbocycles. The first kappa shape index (κ1) is 16.9. The van der Waals surface area contributed by atoms with Crippen LogP contribution in [0.1, 0.15) is 45.6 Å². The van der Waals surface area contributed by atoms with Gasteiger partial charge in [-0.05, 0) is 36.6 Å². The molecule has 2 unspecified atom stereocenters. The van der Waals surface area contributed by atoms with Gasteiger partial charge in [0.1, 0.15) is 5.82 Å². The zero-order valence-electron chi connectivity index (χ0n) is 14.0. The molecule has 1 aliphatic heterocycles. The second kappa shape index (κ2) is 6.78. The number of nitrogens with zero attached hydrogens (tertiary/aromatic N) is 1. The molecule has 0 spiro atoms. The number of likely N-dealkylation sites (N-methyl/N-ethyl adjacent to an activating group) is 1. The van der Waals surface area contributed by atoms with Gasteiger partial charge in [0.2, 0.25) is 5.91 Å². The fourth-order valence-electron chi connectivity index (χ4n) is 2.96. The third kappa shape index (κ3) is 4.29. The molecule has 0 bridgehead atoms. The molecule has 3 nitrogen and oxygen atoms in total. The smallest absolute Gasteiger partial charge is 0.225 e. The van der Waals surface area contributed by atoms with Crippen LogP contribution in [0.3, 0.4) is 0 Å². The molecular formula is C18H27FN2O. The van der Waals surface area contributed by atoms with Crippen LogP contribution < -0.4 is 5.32 Å². The highest BCUT2D eigenvalue weighted by Crippen LogP contribution is 2.28. The molecule has 1 fully saturated rings. The van der Waals surface area contributed by atoms with Crippen LogP contribution in [0, 0.1) is 11.2 Å². The van der Waals surface area contributed by atoms with E-state index in [9.17, 15) is 9.18 Å². The largest absolute Gasteiger partial charge is 0.352 e. The minimum Gasteiger partial charge on any atom is -0.352 e. The predicted octanol–water partition coefficient (Wildman–Crippen LogP) is 3.17. The molecule has 122 valence electrons. The van der Waals surface area contributed by atoms with Gasteiger partial charge in [-0.2, -0.15) is 0 Å². The first-order valence-electron chi connectivity index (χ1n) is 8.08. The van der Waals surface area contributed by atoms with Crippen LogP contribution in [0.2, 0.25) is 0 Å². The highest BCUT2D eigenvalue weighted by Gasteiger charge is 2.31. The third-order valence-electron chi connectivity index (χ3n) is 4.31. The van der Waals surface area contributed by atoms with Gasteiger partial charge in [0.05, 0.1) is 0 Å². The Bertz CT molecular complexity index is 524. The molecule has 1 aliphatic rings. The number of hydrogen-bond acceptors (Lipinski definition) is 2. The fraction of sp³-hybridized carbons (Fsp3) is 0.611. The van der Waals surface area contributed by atoms with E-state index in [0.717, 1.165) is 31.6 Å². The quantitative estimate of drug-likeness (QED) is 0.930.